The van der Waals surface area contributed by atoms with Crippen molar-refractivity contribution in [3.63, 3.8) is 0 Å². The number of rotatable bonds is 5. The van der Waals surface area contributed by atoms with Gasteiger partial charge >= 0.3 is 6.18 Å². The lowest BCUT2D eigenvalue weighted by Gasteiger charge is -2.06. The number of halogens is 3. The summed E-state index contributed by atoms with van der Waals surface area (Å²) in [5.74, 6) is -0.0402. The largest absolute Gasteiger partial charge is 0.513 e. The maximum Gasteiger partial charge on any atom is 0.435 e. The van der Waals surface area contributed by atoms with Crippen LogP contribution >= 0.6 is 0 Å². The molecule has 1 N–H and O–H groups in total. The van der Waals surface area contributed by atoms with Crippen molar-refractivity contribution in [2.24, 2.45) is 0 Å². The van der Waals surface area contributed by atoms with Gasteiger partial charge in [-0.05, 0) is 29.2 Å². The van der Waals surface area contributed by atoms with E-state index in [1.807, 2.05) is 31.2 Å². The van der Waals surface area contributed by atoms with Crippen LogP contribution in [0.4, 0.5) is 13.2 Å². The van der Waals surface area contributed by atoms with Gasteiger partial charge in [0.25, 0.3) is 0 Å². The maximum absolute atomic E-state index is 13.3. The smallest absolute Gasteiger partial charge is 0.435 e. The van der Waals surface area contributed by atoms with Gasteiger partial charge in [0.05, 0.1) is 17.8 Å². The number of alkyl halides is 3. The predicted molar refractivity (Wildman–Crippen MR) is 95.1 cm³/mol. The van der Waals surface area contributed by atoms with E-state index >= 15 is 0 Å². The number of aryl methyl sites for hydroxylation is 1. The summed E-state index contributed by atoms with van der Waals surface area (Å²) >= 11 is 0. The van der Waals surface area contributed by atoms with Crippen molar-refractivity contribution < 1.29 is 18.3 Å². The number of aromatic nitrogens is 2. The quantitative estimate of drug-likeness (QED) is 0.629. The Morgan fingerprint density at radius 1 is 1.08 bits per heavy atom. The Morgan fingerprint density at radius 2 is 1.69 bits per heavy atom. The van der Waals surface area contributed by atoms with Gasteiger partial charge in [-0.25, -0.2) is 0 Å². The molecule has 0 radical (unpaired) electrons. The zero-order valence-electron chi connectivity index (χ0n) is 14.3. The SMILES string of the molecule is C=C(O)Cc1ccc2c(C(F)(F)F)nn(Cc3ccc(CC)cc3)c2c1. The standard InChI is InChI=1S/C20H19F3N2O/c1-3-14-4-6-15(7-5-14)12-25-18-11-16(10-13(2)26)8-9-17(18)19(24-25)20(21,22)23/h4-9,11,26H,2-3,10,12H2,1H3. The highest BCUT2D eigenvalue weighted by molar-refractivity contribution is 5.83. The fourth-order valence-electron chi connectivity index (χ4n) is 2.95. The molecule has 0 amide bonds. The fraction of sp³-hybridized carbons (Fsp3) is 0.250. The lowest BCUT2D eigenvalue weighted by molar-refractivity contribution is -0.140. The van der Waals surface area contributed by atoms with E-state index in [9.17, 15) is 18.3 Å². The summed E-state index contributed by atoms with van der Waals surface area (Å²) in [6.45, 7) is 5.71. The van der Waals surface area contributed by atoms with Gasteiger partial charge in [0.2, 0.25) is 0 Å². The molecule has 3 nitrogen and oxygen atoms in total. The maximum atomic E-state index is 13.3. The highest BCUT2D eigenvalue weighted by atomic mass is 19.4. The molecule has 0 fully saturated rings. The van der Waals surface area contributed by atoms with Crippen LogP contribution in [0.25, 0.3) is 10.9 Å². The van der Waals surface area contributed by atoms with Crippen molar-refractivity contribution >= 4 is 10.9 Å². The normalized spacial score (nSPS) is 11.8. The van der Waals surface area contributed by atoms with Crippen LogP contribution in [-0.4, -0.2) is 14.9 Å². The van der Waals surface area contributed by atoms with Crippen molar-refractivity contribution in [1.29, 1.82) is 0 Å². The predicted octanol–water partition coefficient (Wildman–Crippen LogP) is 5.28. The molecule has 136 valence electrons. The zero-order chi connectivity index (χ0) is 18.9. The van der Waals surface area contributed by atoms with Gasteiger partial charge in [0, 0.05) is 11.8 Å². The van der Waals surface area contributed by atoms with Crippen molar-refractivity contribution in [2.75, 3.05) is 0 Å². The molecule has 0 saturated carbocycles. The van der Waals surface area contributed by atoms with Gasteiger partial charge in [-0.3, -0.25) is 4.68 Å². The van der Waals surface area contributed by atoms with Crippen molar-refractivity contribution in [2.45, 2.75) is 32.5 Å². The molecule has 0 atom stereocenters. The van der Waals surface area contributed by atoms with Crippen LogP contribution in [0.2, 0.25) is 0 Å². The third kappa shape index (κ3) is 3.74. The minimum atomic E-state index is -4.53. The number of nitrogens with zero attached hydrogens (tertiary/aromatic N) is 2. The van der Waals surface area contributed by atoms with E-state index in [2.05, 4.69) is 11.7 Å². The van der Waals surface area contributed by atoms with Gasteiger partial charge in [-0.2, -0.15) is 18.3 Å². The number of aliphatic hydroxyl groups excluding tert-OH is 1. The summed E-state index contributed by atoms with van der Waals surface area (Å²) in [5.41, 5.74) is 2.21. The van der Waals surface area contributed by atoms with Crippen LogP contribution in [0.5, 0.6) is 0 Å². The molecule has 0 unspecified atom stereocenters. The van der Waals surface area contributed by atoms with E-state index in [-0.39, 0.29) is 24.1 Å². The second-order valence-corrected chi connectivity index (χ2v) is 6.27. The molecule has 26 heavy (non-hydrogen) atoms. The van der Waals surface area contributed by atoms with Gasteiger partial charge in [0.15, 0.2) is 5.69 Å². The Hall–Kier alpha value is -2.76. The van der Waals surface area contributed by atoms with Crippen LogP contribution in [-0.2, 0) is 25.6 Å². The molecule has 0 bridgehead atoms. The van der Waals surface area contributed by atoms with E-state index in [4.69, 9.17) is 0 Å². The summed E-state index contributed by atoms with van der Waals surface area (Å²) in [7, 11) is 0. The van der Waals surface area contributed by atoms with Crippen LogP contribution in [0.3, 0.4) is 0 Å². The van der Waals surface area contributed by atoms with Crippen molar-refractivity contribution in [1.82, 2.24) is 9.78 Å². The molecule has 2 aromatic carbocycles. The molecule has 0 saturated heterocycles. The number of fused-ring (bicyclic) bond motifs is 1. The molecule has 0 aliphatic rings. The average molecular weight is 360 g/mol. The number of aliphatic hydroxyl groups is 1. The average Bonchev–Trinajstić information content (AvgIpc) is 2.93. The fourth-order valence-corrected chi connectivity index (χ4v) is 2.95. The van der Waals surface area contributed by atoms with Crippen molar-refractivity contribution in [3.8, 4) is 0 Å². The number of hydrogen-bond donors (Lipinski definition) is 1. The van der Waals surface area contributed by atoms with Gasteiger partial charge in [-0.1, -0.05) is 49.9 Å². The van der Waals surface area contributed by atoms with E-state index in [1.54, 1.807) is 12.1 Å². The summed E-state index contributed by atoms with van der Waals surface area (Å²) in [5, 5.41) is 13.2. The summed E-state index contributed by atoms with van der Waals surface area (Å²) in [6, 6.07) is 12.3. The Balaban J connectivity index is 2.07. The second kappa shape index (κ2) is 6.86. The minimum Gasteiger partial charge on any atom is -0.513 e. The first-order valence-electron chi connectivity index (χ1n) is 8.29. The highest BCUT2D eigenvalue weighted by Gasteiger charge is 2.36. The highest BCUT2D eigenvalue weighted by Crippen LogP contribution is 2.34. The number of allylic oxidation sites excluding steroid dienone is 1. The number of hydrogen-bond acceptors (Lipinski definition) is 2. The topological polar surface area (TPSA) is 38.1 Å². The molecule has 0 aliphatic carbocycles. The third-order valence-electron chi connectivity index (χ3n) is 4.26. The van der Waals surface area contributed by atoms with E-state index in [0.717, 1.165) is 12.0 Å². The minimum absolute atomic E-state index is 0.0402. The molecule has 1 heterocycles. The van der Waals surface area contributed by atoms with Gasteiger partial charge in [-0.15, -0.1) is 0 Å². The molecule has 0 spiro atoms. The molecule has 1 aromatic heterocycles. The first-order valence-corrected chi connectivity index (χ1v) is 8.29. The second-order valence-electron chi connectivity index (χ2n) is 6.27. The van der Waals surface area contributed by atoms with Gasteiger partial charge < -0.3 is 5.11 Å². The third-order valence-corrected chi connectivity index (χ3v) is 4.26. The lowest BCUT2D eigenvalue weighted by atomic mass is 10.1. The molecular formula is C20H19F3N2O. The summed E-state index contributed by atoms with van der Waals surface area (Å²) < 4.78 is 41.4. The van der Waals surface area contributed by atoms with Crippen LogP contribution < -0.4 is 0 Å². The van der Waals surface area contributed by atoms with Crippen molar-refractivity contribution in [3.05, 3.63) is 77.2 Å². The van der Waals surface area contributed by atoms with E-state index < -0.39 is 11.9 Å². The number of benzene rings is 2. The van der Waals surface area contributed by atoms with E-state index in [0.29, 0.717) is 11.1 Å². The molecule has 6 heteroatoms. The zero-order valence-corrected chi connectivity index (χ0v) is 14.3. The molecule has 3 aromatic rings. The van der Waals surface area contributed by atoms with Crippen LogP contribution in [0.1, 0.15) is 29.3 Å². The Morgan fingerprint density at radius 3 is 2.27 bits per heavy atom. The van der Waals surface area contributed by atoms with E-state index in [1.165, 1.54) is 16.3 Å². The Bertz CT molecular complexity index is 940. The summed E-state index contributed by atoms with van der Waals surface area (Å²) in [6.07, 6.45) is -3.44. The molecule has 3 rings (SSSR count). The first kappa shape index (κ1) is 18.0. The van der Waals surface area contributed by atoms with Crippen LogP contribution in [0.15, 0.2) is 54.8 Å². The monoisotopic (exact) mass is 360 g/mol. The van der Waals surface area contributed by atoms with Crippen LogP contribution in [0, 0.1) is 0 Å². The van der Waals surface area contributed by atoms with Gasteiger partial charge in [0.1, 0.15) is 0 Å². The Labute approximate surface area is 149 Å². The Kier molecular flexibility index (Phi) is 4.76. The summed E-state index contributed by atoms with van der Waals surface area (Å²) in [4.78, 5) is 0. The lowest BCUT2D eigenvalue weighted by Crippen LogP contribution is -2.08. The molecular weight excluding hydrogens is 341 g/mol. The first-order chi connectivity index (χ1) is 12.3. The molecule has 0 aliphatic heterocycles.